The average molecular weight is 232 g/mol. The monoisotopic (exact) mass is 232 g/mol. The predicted molar refractivity (Wildman–Crippen MR) is 69.8 cm³/mol. The van der Waals surface area contributed by atoms with Crippen molar-refractivity contribution in [1.29, 1.82) is 0 Å². The number of fused-ring (bicyclic) bond motifs is 1. The molecule has 1 aromatic carbocycles. The minimum Gasteiger partial charge on any atom is -0.326 e. The van der Waals surface area contributed by atoms with E-state index < -0.39 is 0 Å². The first-order valence-corrected chi connectivity index (χ1v) is 6.27. The summed E-state index contributed by atoms with van der Waals surface area (Å²) in [5.74, 6) is 0.252. The molecule has 0 aliphatic carbocycles. The molecule has 2 N–H and O–H groups in total. The maximum Gasteiger partial charge on any atom is 0.229 e. The van der Waals surface area contributed by atoms with Gasteiger partial charge in [0.2, 0.25) is 5.91 Å². The first-order valence-electron chi connectivity index (χ1n) is 6.27. The second-order valence-corrected chi connectivity index (χ2v) is 4.87. The third-order valence-electron chi connectivity index (χ3n) is 3.33. The highest BCUT2D eigenvalue weighted by atomic mass is 16.2. The van der Waals surface area contributed by atoms with Crippen LogP contribution in [0.15, 0.2) is 18.2 Å². The first-order chi connectivity index (χ1) is 8.15. The van der Waals surface area contributed by atoms with E-state index >= 15 is 0 Å². The van der Waals surface area contributed by atoms with Gasteiger partial charge in [0.05, 0.1) is 0 Å². The number of anilines is 1. The molecule has 0 spiro atoms. The molecule has 1 aliphatic heterocycles. The molecule has 3 nitrogen and oxygen atoms in total. The lowest BCUT2D eigenvalue weighted by Gasteiger charge is -2.32. The maximum atomic E-state index is 12.2. The van der Waals surface area contributed by atoms with Crippen molar-refractivity contribution < 1.29 is 4.79 Å². The fraction of sp³-hybridized carbons (Fsp3) is 0.500. The zero-order valence-corrected chi connectivity index (χ0v) is 10.6. The molecule has 0 atom stereocenters. The van der Waals surface area contributed by atoms with E-state index in [1.165, 1.54) is 11.1 Å². The number of rotatable bonds is 2. The van der Waals surface area contributed by atoms with Gasteiger partial charge in [-0.3, -0.25) is 4.79 Å². The van der Waals surface area contributed by atoms with Crippen LogP contribution in [0.3, 0.4) is 0 Å². The molecule has 1 amide bonds. The molecule has 1 heterocycles. The molecule has 92 valence electrons. The van der Waals surface area contributed by atoms with Crippen molar-refractivity contribution in [2.24, 2.45) is 11.7 Å². The Morgan fingerprint density at radius 3 is 2.88 bits per heavy atom. The summed E-state index contributed by atoms with van der Waals surface area (Å²) in [4.78, 5) is 14.1. The van der Waals surface area contributed by atoms with E-state index in [4.69, 9.17) is 5.73 Å². The van der Waals surface area contributed by atoms with Gasteiger partial charge in [-0.2, -0.15) is 0 Å². The molecule has 0 saturated carbocycles. The minimum absolute atomic E-state index is 0.0440. The summed E-state index contributed by atoms with van der Waals surface area (Å²) >= 11 is 0. The molecule has 17 heavy (non-hydrogen) atoms. The van der Waals surface area contributed by atoms with Crippen LogP contribution in [-0.2, 0) is 17.8 Å². The lowest BCUT2D eigenvalue weighted by molar-refractivity contribution is -0.121. The fourth-order valence-electron chi connectivity index (χ4n) is 2.43. The normalized spacial score (nSPS) is 14.9. The van der Waals surface area contributed by atoms with Crippen molar-refractivity contribution >= 4 is 11.6 Å². The van der Waals surface area contributed by atoms with E-state index in [0.717, 1.165) is 25.1 Å². The minimum atomic E-state index is 0.0440. The SMILES string of the molecule is CC(C)C(=O)N1CCCc2c(CN)cccc21. The van der Waals surface area contributed by atoms with Crippen molar-refractivity contribution in [3.63, 3.8) is 0 Å². The molecule has 1 aromatic rings. The topological polar surface area (TPSA) is 46.3 Å². The lowest BCUT2D eigenvalue weighted by atomic mass is 9.95. The largest absolute Gasteiger partial charge is 0.326 e. The van der Waals surface area contributed by atoms with Gasteiger partial charge in [-0.25, -0.2) is 0 Å². The van der Waals surface area contributed by atoms with Gasteiger partial charge < -0.3 is 10.6 Å². The van der Waals surface area contributed by atoms with Crippen LogP contribution < -0.4 is 10.6 Å². The van der Waals surface area contributed by atoms with Gasteiger partial charge >= 0.3 is 0 Å². The van der Waals surface area contributed by atoms with Gasteiger partial charge in [-0.05, 0) is 30.0 Å². The second kappa shape index (κ2) is 4.88. The zero-order valence-electron chi connectivity index (χ0n) is 10.6. The molecular formula is C14H20N2O. The molecule has 2 rings (SSSR count). The van der Waals surface area contributed by atoms with E-state index in [1.54, 1.807) is 0 Å². The van der Waals surface area contributed by atoms with Gasteiger partial charge in [0.1, 0.15) is 0 Å². The van der Waals surface area contributed by atoms with Crippen LogP contribution in [0.25, 0.3) is 0 Å². The second-order valence-electron chi connectivity index (χ2n) is 4.87. The quantitative estimate of drug-likeness (QED) is 0.848. The maximum absolute atomic E-state index is 12.2. The molecule has 0 radical (unpaired) electrons. The third-order valence-corrected chi connectivity index (χ3v) is 3.33. The zero-order chi connectivity index (χ0) is 12.4. The molecule has 1 aliphatic rings. The molecule has 0 fully saturated rings. The van der Waals surface area contributed by atoms with Gasteiger partial charge in [-0.1, -0.05) is 26.0 Å². The average Bonchev–Trinajstić information content (AvgIpc) is 2.36. The fourth-order valence-corrected chi connectivity index (χ4v) is 2.43. The number of nitrogens with zero attached hydrogens (tertiary/aromatic N) is 1. The van der Waals surface area contributed by atoms with E-state index in [1.807, 2.05) is 30.9 Å². The Labute approximate surface area is 103 Å². The number of amides is 1. The summed E-state index contributed by atoms with van der Waals surface area (Å²) in [5, 5.41) is 0. The van der Waals surface area contributed by atoms with Crippen LogP contribution in [0.4, 0.5) is 5.69 Å². The number of benzene rings is 1. The molecule has 0 aromatic heterocycles. The van der Waals surface area contributed by atoms with Crippen molar-refractivity contribution in [1.82, 2.24) is 0 Å². The molecular weight excluding hydrogens is 212 g/mol. The van der Waals surface area contributed by atoms with Crippen molar-refractivity contribution in [2.75, 3.05) is 11.4 Å². The van der Waals surface area contributed by atoms with Crippen LogP contribution in [0.1, 0.15) is 31.4 Å². The Morgan fingerprint density at radius 1 is 1.47 bits per heavy atom. The smallest absolute Gasteiger partial charge is 0.229 e. The van der Waals surface area contributed by atoms with Crippen LogP contribution in [0, 0.1) is 5.92 Å². The highest BCUT2D eigenvalue weighted by Crippen LogP contribution is 2.30. The van der Waals surface area contributed by atoms with Crippen molar-refractivity contribution in [3.05, 3.63) is 29.3 Å². The molecule has 0 bridgehead atoms. The summed E-state index contributed by atoms with van der Waals surface area (Å²) in [6, 6.07) is 6.09. The Morgan fingerprint density at radius 2 is 2.24 bits per heavy atom. The molecule has 0 saturated heterocycles. The lowest BCUT2D eigenvalue weighted by Crippen LogP contribution is -2.38. The number of nitrogens with two attached hydrogens (primary N) is 1. The van der Waals surface area contributed by atoms with Crippen molar-refractivity contribution in [2.45, 2.75) is 33.2 Å². The molecule has 3 heteroatoms. The summed E-state index contributed by atoms with van der Waals surface area (Å²) in [5.41, 5.74) is 9.25. The summed E-state index contributed by atoms with van der Waals surface area (Å²) in [7, 11) is 0. The van der Waals surface area contributed by atoms with Crippen LogP contribution >= 0.6 is 0 Å². The molecule has 0 unspecified atom stereocenters. The van der Waals surface area contributed by atoms with E-state index in [2.05, 4.69) is 6.07 Å². The van der Waals surface area contributed by atoms with Crippen molar-refractivity contribution in [3.8, 4) is 0 Å². The summed E-state index contributed by atoms with van der Waals surface area (Å²) < 4.78 is 0. The number of hydrogen-bond acceptors (Lipinski definition) is 2. The van der Waals surface area contributed by atoms with Crippen LogP contribution in [-0.4, -0.2) is 12.5 Å². The van der Waals surface area contributed by atoms with E-state index in [9.17, 15) is 4.79 Å². The number of hydrogen-bond donors (Lipinski definition) is 1. The van der Waals surface area contributed by atoms with Gasteiger partial charge in [-0.15, -0.1) is 0 Å². The Bertz CT molecular complexity index is 426. The summed E-state index contributed by atoms with van der Waals surface area (Å²) in [6.45, 7) is 5.28. The number of carbonyl (C=O) groups excluding carboxylic acids is 1. The number of carbonyl (C=O) groups is 1. The highest BCUT2D eigenvalue weighted by molar-refractivity contribution is 5.95. The van der Waals surface area contributed by atoms with E-state index in [-0.39, 0.29) is 11.8 Å². The standard InChI is InChI=1S/C14H20N2O/c1-10(2)14(17)16-8-4-6-12-11(9-15)5-3-7-13(12)16/h3,5,7,10H,4,6,8-9,15H2,1-2H3. The predicted octanol–water partition coefficient (Wildman–Crippen LogP) is 2.08. The van der Waals surface area contributed by atoms with E-state index in [0.29, 0.717) is 6.54 Å². The van der Waals surface area contributed by atoms with Crippen LogP contribution in [0.5, 0.6) is 0 Å². The summed E-state index contributed by atoms with van der Waals surface area (Å²) in [6.07, 6.45) is 2.06. The van der Waals surface area contributed by atoms with Gasteiger partial charge in [0.25, 0.3) is 0 Å². The van der Waals surface area contributed by atoms with Crippen LogP contribution in [0.2, 0.25) is 0 Å². The first kappa shape index (κ1) is 12.1. The Hall–Kier alpha value is -1.35. The third kappa shape index (κ3) is 2.20. The van der Waals surface area contributed by atoms with Gasteiger partial charge in [0, 0.05) is 24.7 Å². The van der Waals surface area contributed by atoms with Gasteiger partial charge in [0.15, 0.2) is 0 Å². The Balaban J connectivity index is 2.41. The highest BCUT2D eigenvalue weighted by Gasteiger charge is 2.25. The Kier molecular flexibility index (Phi) is 3.48.